The van der Waals surface area contributed by atoms with E-state index in [4.69, 9.17) is 22.2 Å². The normalized spacial score (nSPS) is 13.4. The van der Waals surface area contributed by atoms with Gasteiger partial charge in [0.05, 0.1) is 10.9 Å². The monoisotopic (exact) mass is 290 g/mol. The Kier molecular flexibility index (Phi) is 7.04. The van der Waals surface area contributed by atoms with Gasteiger partial charge in [-0.05, 0) is 19.1 Å². The fourth-order valence-corrected chi connectivity index (χ4v) is 2.50. The second kappa shape index (κ2) is 8.31. The maximum atomic E-state index is 5.86. The van der Waals surface area contributed by atoms with Crippen LogP contribution in [0.4, 0.5) is 0 Å². The zero-order chi connectivity index (χ0) is 13.4. The van der Waals surface area contributed by atoms with Crippen molar-refractivity contribution in [3.63, 3.8) is 0 Å². The SMILES string of the molecule is COCC(C)NC(=NCCc1ccc(Cl)s1)NN. The van der Waals surface area contributed by atoms with Crippen LogP contribution in [-0.4, -0.2) is 32.3 Å². The van der Waals surface area contributed by atoms with E-state index in [1.807, 2.05) is 19.1 Å². The number of nitrogens with one attached hydrogen (secondary N) is 2. The Bertz CT molecular complexity index is 383. The Morgan fingerprint density at radius 3 is 2.94 bits per heavy atom. The molecule has 0 aliphatic rings. The van der Waals surface area contributed by atoms with Gasteiger partial charge in [-0.3, -0.25) is 10.4 Å². The number of halogens is 1. The van der Waals surface area contributed by atoms with Gasteiger partial charge in [0.15, 0.2) is 0 Å². The lowest BCUT2D eigenvalue weighted by atomic mass is 10.3. The number of rotatable bonds is 6. The van der Waals surface area contributed by atoms with Gasteiger partial charge in [0.2, 0.25) is 5.96 Å². The average Bonchev–Trinajstić information content (AvgIpc) is 2.74. The van der Waals surface area contributed by atoms with Crippen molar-refractivity contribution in [3.8, 4) is 0 Å². The largest absolute Gasteiger partial charge is 0.383 e. The standard InChI is InChI=1S/C11H19ClN4OS/c1-8(7-17-2)15-11(16-13)14-6-5-9-3-4-10(12)18-9/h3-4,8H,5-7,13H2,1-2H3,(H2,14,15,16). The molecule has 102 valence electrons. The summed E-state index contributed by atoms with van der Waals surface area (Å²) >= 11 is 7.43. The van der Waals surface area contributed by atoms with E-state index in [-0.39, 0.29) is 6.04 Å². The molecule has 1 heterocycles. The Balaban J connectivity index is 2.37. The van der Waals surface area contributed by atoms with Crippen LogP contribution in [0.25, 0.3) is 0 Å². The topological polar surface area (TPSA) is 71.7 Å². The van der Waals surface area contributed by atoms with Crippen LogP contribution in [0.3, 0.4) is 0 Å². The fourth-order valence-electron chi connectivity index (χ4n) is 1.42. The Hall–Kier alpha value is -0.820. The van der Waals surface area contributed by atoms with Gasteiger partial charge in [-0.1, -0.05) is 11.6 Å². The van der Waals surface area contributed by atoms with E-state index in [9.17, 15) is 0 Å². The van der Waals surface area contributed by atoms with E-state index in [0.717, 1.165) is 10.8 Å². The molecule has 1 atom stereocenters. The third kappa shape index (κ3) is 5.68. The van der Waals surface area contributed by atoms with Crippen LogP contribution in [0.5, 0.6) is 0 Å². The first-order valence-electron chi connectivity index (χ1n) is 5.66. The van der Waals surface area contributed by atoms with E-state index in [1.165, 1.54) is 4.88 Å². The molecule has 1 rings (SSSR count). The van der Waals surface area contributed by atoms with Crippen molar-refractivity contribution in [1.29, 1.82) is 0 Å². The molecule has 5 nitrogen and oxygen atoms in total. The third-order valence-electron chi connectivity index (χ3n) is 2.19. The molecule has 0 spiro atoms. The predicted molar refractivity (Wildman–Crippen MR) is 77.1 cm³/mol. The highest BCUT2D eigenvalue weighted by Gasteiger charge is 2.03. The number of thiophene rings is 1. The zero-order valence-corrected chi connectivity index (χ0v) is 12.1. The number of nitrogens with two attached hydrogens (primary N) is 1. The summed E-state index contributed by atoms with van der Waals surface area (Å²) < 4.78 is 5.83. The molecule has 1 aromatic heterocycles. The fraction of sp³-hybridized carbons (Fsp3) is 0.545. The van der Waals surface area contributed by atoms with E-state index < -0.39 is 0 Å². The number of nitrogens with zero attached hydrogens (tertiary/aromatic N) is 1. The van der Waals surface area contributed by atoms with Crippen molar-refractivity contribution in [2.45, 2.75) is 19.4 Å². The molecule has 0 amide bonds. The molecule has 0 bridgehead atoms. The van der Waals surface area contributed by atoms with Crippen LogP contribution in [-0.2, 0) is 11.2 Å². The highest BCUT2D eigenvalue weighted by molar-refractivity contribution is 7.16. The van der Waals surface area contributed by atoms with Crippen molar-refractivity contribution in [3.05, 3.63) is 21.3 Å². The maximum Gasteiger partial charge on any atom is 0.206 e. The van der Waals surface area contributed by atoms with Gasteiger partial charge in [0.25, 0.3) is 0 Å². The lowest BCUT2D eigenvalue weighted by Crippen LogP contribution is -2.47. The summed E-state index contributed by atoms with van der Waals surface area (Å²) in [4.78, 5) is 5.56. The van der Waals surface area contributed by atoms with E-state index >= 15 is 0 Å². The second-order valence-electron chi connectivity index (χ2n) is 3.83. The maximum absolute atomic E-state index is 5.86. The summed E-state index contributed by atoms with van der Waals surface area (Å²) in [5, 5.41) is 3.13. The first kappa shape index (κ1) is 15.2. The smallest absolute Gasteiger partial charge is 0.206 e. The summed E-state index contributed by atoms with van der Waals surface area (Å²) in [6.45, 7) is 3.25. The summed E-state index contributed by atoms with van der Waals surface area (Å²) in [5.74, 6) is 5.97. The lowest BCUT2D eigenvalue weighted by molar-refractivity contribution is 0.179. The Morgan fingerprint density at radius 2 is 2.39 bits per heavy atom. The van der Waals surface area contributed by atoms with Crippen molar-refractivity contribution in [2.24, 2.45) is 10.8 Å². The molecule has 0 fully saturated rings. The number of guanidine groups is 1. The van der Waals surface area contributed by atoms with Crippen LogP contribution in [0.1, 0.15) is 11.8 Å². The summed E-state index contributed by atoms with van der Waals surface area (Å²) in [6, 6.07) is 4.06. The van der Waals surface area contributed by atoms with Crippen LogP contribution >= 0.6 is 22.9 Å². The minimum absolute atomic E-state index is 0.154. The minimum atomic E-state index is 0.154. The molecule has 0 radical (unpaired) electrons. The molecule has 0 aliphatic carbocycles. The molecule has 0 aromatic carbocycles. The van der Waals surface area contributed by atoms with Gasteiger partial charge in [-0.25, -0.2) is 5.84 Å². The highest BCUT2D eigenvalue weighted by Crippen LogP contribution is 2.21. The van der Waals surface area contributed by atoms with Gasteiger partial charge in [-0.15, -0.1) is 11.3 Å². The van der Waals surface area contributed by atoms with E-state index in [2.05, 4.69) is 15.7 Å². The number of aliphatic imine (C=N–C) groups is 1. The van der Waals surface area contributed by atoms with Crippen LogP contribution in [0.15, 0.2) is 17.1 Å². The molecule has 1 aromatic rings. The molecule has 0 aliphatic heterocycles. The van der Waals surface area contributed by atoms with Crippen molar-refractivity contribution < 1.29 is 4.74 Å². The molecule has 4 N–H and O–H groups in total. The number of methoxy groups -OCH3 is 1. The van der Waals surface area contributed by atoms with Gasteiger partial charge in [0, 0.05) is 31.0 Å². The van der Waals surface area contributed by atoms with Crippen LogP contribution < -0.4 is 16.6 Å². The van der Waals surface area contributed by atoms with Gasteiger partial charge in [-0.2, -0.15) is 0 Å². The molecule has 0 saturated carbocycles. The average molecular weight is 291 g/mol. The quantitative estimate of drug-likeness (QED) is 0.320. The Labute approximate surface area is 116 Å². The second-order valence-corrected chi connectivity index (χ2v) is 5.63. The summed E-state index contributed by atoms with van der Waals surface area (Å²) in [7, 11) is 1.66. The number of hydrogen-bond donors (Lipinski definition) is 3. The zero-order valence-electron chi connectivity index (χ0n) is 10.6. The van der Waals surface area contributed by atoms with Gasteiger partial charge >= 0.3 is 0 Å². The molecule has 0 saturated heterocycles. The lowest BCUT2D eigenvalue weighted by Gasteiger charge is -2.15. The van der Waals surface area contributed by atoms with Gasteiger partial charge < -0.3 is 10.1 Å². The van der Waals surface area contributed by atoms with Crippen molar-refractivity contribution >= 4 is 28.9 Å². The number of hydrazine groups is 1. The summed E-state index contributed by atoms with van der Waals surface area (Å²) in [6.07, 6.45) is 0.850. The molecule has 7 heteroatoms. The third-order valence-corrected chi connectivity index (χ3v) is 3.48. The first-order chi connectivity index (χ1) is 8.65. The molecular formula is C11H19ClN4OS. The molecule has 1 unspecified atom stereocenters. The van der Waals surface area contributed by atoms with Crippen molar-refractivity contribution in [1.82, 2.24) is 10.7 Å². The van der Waals surface area contributed by atoms with Gasteiger partial charge in [0.1, 0.15) is 0 Å². The van der Waals surface area contributed by atoms with E-state index in [1.54, 1.807) is 18.4 Å². The molecular weight excluding hydrogens is 272 g/mol. The first-order valence-corrected chi connectivity index (χ1v) is 6.86. The minimum Gasteiger partial charge on any atom is -0.383 e. The van der Waals surface area contributed by atoms with E-state index in [0.29, 0.717) is 19.1 Å². The molecule has 18 heavy (non-hydrogen) atoms. The van der Waals surface area contributed by atoms with Crippen LogP contribution in [0, 0.1) is 0 Å². The highest BCUT2D eigenvalue weighted by atomic mass is 35.5. The summed E-state index contributed by atoms with van der Waals surface area (Å²) in [5.41, 5.74) is 2.54. The van der Waals surface area contributed by atoms with Crippen molar-refractivity contribution in [2.75, 3.05) is 20.3 Å². The van der Waals surface area contributed by atoms with Crippen LogP contribution in [0.2, 0.25) is 4.34 Å². The number of ether oxygens (including phenoxy) is 1. The number of hydrogen-bond acceptors (Lipinski definition) is 4. The predicted octanol–water partition coefficient (Wildman–Crippen LogP) is 1.39. The Morgan fingerprint density at radius 1 is 1.61 bits per heavy atom.